The number of carbonyl (C=O) groups is 1. The maximum atomic E-state index is 12.8. The van der Waals surface area contributed by atoms with Crippen LogP contribution in [-0.2, 0) is 4.79 Å². The van der Waals surface area contributed by atoms with Gasteiger partial charge in [-0.05, 0) is 68.7 Å². The number of likely N-dealkylation sites (tertiary alicyclic amines) is 1. The van der Waals surface area contributed by atoms with Gasteiger partial charge in [0.2, 0.25) is 0 Å². The Morgan fingerprint density at radius 2 is 2.03 bits per heavy atom. The molecule has 0 saturated carbocycles. The van der Waals surface area contributed by atoms with Crippen LogP contribution >= 0.6 is 0 Å². The van der Waals surface area contributed by atoms with E-state index in [4.69, 9.17) is 9.47 Å². The maximum absolute atomic E-state index is 12.8. The molecule has 172 valence electrons. The summed E-state index contributed by atoms with van der Waals surface area (Å²) in [5.74, 6) is 2.20. The van der Waals surface area contributed by atoms with Crippen LogP contribution in [0.1, 0.15) is 35.7 Å². The van der Waals surface area contributed by atoms with Crippen molar-refractivity contribution in [1.82, 2.24) is 14.9 Å². The predicted molar refractivity (Wildman–Crippen MR) is 128 cm³/mol. The highest BCUT2D eigenvalue weighted by Crippen LogP contribution is 2.29. The van der Waals surface area contributed by atoms with Crippen LogP contribution in [0.15, 0.2) is 54.7 Å². The fourth-order valence-corrected chi connectivity index (χ4v) is 4.05. The molecule has 1 aromatic carbocycles. The van der Waals surface area contributed by atoms with Crippen LogP contribution < -0.4 is 14.8 Å². The second kappa shape index (κ2) is 10.3. The SMILES string of the molecule is COc1cc(C)ccc1OCC(=O)N1CCCC(c2ccc(Nc3cccc(C)n3)cn2)C1. The first-order valence-electron chi connectivity index (χ1n) is 11.2. The van der Waals surface area contributed by atoms with Crippen LogP contribution in [0.25, 0.3) is 0 Å². The van der Waals surface area contributed by atoms with E-state index in [1.807, 2.05) is 73.5 Å². The molecule has 1 aliphatic heterocycles. The van der Waals surface area contributed by atoms with Gasteiger partial charge in [0.25, 0.3) is 5.91 Å². The molecule has 1 amide bonds. The number of hydrogen-bond donors (Lipinski definition) is 1. The normalized spacial score (nSPS) is 15.7. The molecule has 1 N–H and O–H groups in total. The summed E-state index contributed by atoms with van der Waals surface area (Å²) >= 11 is 0. The number of methoxy groups -OCH3 is 1. The molecule has 7 nitrogen and oxygen atoms in total. The number of aryl methyl sites for hydroxylation is 2. The highest BCUT2D eigenvalue weighted by atomic mass is 16.5. The Bertz CT molecular complexity index is 1100. The number of piperidine rings is 1. The van der Waals surface area contributed by atoms with Crippen LogP contribution in [0.4, 0.5) is 11.5 Å². The lowest BCUT2D eigenvalue weighted by Crippen LogP contribution is -2.41. The summed E-state index contributed by atoms with van der Waals surface area (Å²) in [6, 6.07) is 15.6. The molecule has 1 unspecified atom stereocenters. The van der Waals surface area contributed by atoms with Crippen molar-refractivity contribution in [1.29, 1.82) is 0 Å². The second-order valence-electron chi connectivity index (χ2n) is 8.38. The number of anilines is 2. The highest BCUT2D eigenvalue weighted by Gasteiger charge is 2.26. The number of aromatic nitrogens is 2. The van der Waals surface area contributed by atoms with E-state index in [1.165, 1.54) is 0 Å². The number of ether oxygens (including phenoxy) is 2. The zero-order chi connectivity index (χ0) is 23.2. The van der Waals surface area contributed by atoms with E-state index in [2.05, 4.69) is 15.3 Å². The predicted octanol–water partition coefficient (Wildman–Crippen LogP) is 4.63. The topological polar surface area (TPSA) is 76.6 Å². The van der Waals surface area contributed by atoms with Crippen LogP contribution in [-0.4, -0.2) is 47.6 Å². The Balaban J connectivity index is 1.34. The number of nitrogens with one attached hydrogen (secondary N) is 1. The second-order valence-corrected chi connectivity index (χ2v) is 8.38. The summed E-state index contributed by atoms with van der Waals surface area (Å²) in [5.41, 5.74) is 3.92. The van der Waals surface area contributed by atoms with Gasteiger partial charge in [-0.3, -0.25) is 9.78 Å². The van der Waals surface area contributed by atoms with E-state index < -0.39 is 0 Å². The molecule has 1 aliphatic rings. The summed E-state index contributed by atoms with van der Waals surface area (Å²) in [5, 5.41) is 3.28. The average molecular weight is 447 g/mol. The fraction of sp³-hybridized carbons (Fsp3) is 0.346. The summed E-state index contributed by atoms with van der Waals surface area (Å²) in [6.07, 6.45) is 3.78. The van der Waals surface area contributed by atoms with Crippen molar-refractivity contribution >= 4 is 17.4 Å². The Hall–Kier alpha value is -3.61. The number of nitrogens with zero attached hydrogens (tertiary/aromatic N) is 3. The van der Waals surface area contributed by atoms with Crippen molar-refractivity contribution in [2.24, 2.45) is 0 Å². The number of hydrogen-bond acceptors (Lipinski definition) is 6. The Morgan fingerprint density at radius 3 is 2.79 bits per heavy atom. The first kappa shape index (κ1) is 22.6. The molecule has 4 rings (SSSR count). The van der Waals surface area contributed by atoms with E-state index in [0.29, 0.717) is 18.0 Å². The van der Waals surface area contributed by atoms with Gasteiger partial charge in [-0.1, -0.05) is 12.1 Å². The van der Waals surface area contributed by atoms with Crippen molar-refractivity contribution in [3.63, 3.8) is 0 Å². The van der Waals surface area contributed by atoms with Crippen LogP contribution in [0.3, 0.4) is 0 Å². The molecule has 0 bridgehead atoms. The van der Waals surface area contributed by atoms with Gasteiger partial charge in [0.1, 0.15) is 5.82 Å². The largest absolute Gasteiger partial charge is 0.493 e. The van der Waals surface area contributed by atoms with Crippen LogP contribution in [0.2, 0.25) is 0 Å². The van der Waals surface area contributed by atoms with Crippen molar-refractivity contribution in [3.05, 3.63) is 71.7 Å². The fourth-order valence-electron chi connectivity index (χ4n) is 4.05. The molecule has 2 aromatic heterocycles. The Labute approximate surface area is 194 Å². The molecule has 1 atom stereocenters. The third-order valence-electron chi connectivity index (χ3n) is 5.81. The van der Waals surface area contributed by atoms with E-state index in [1.54, 1.807) is 7.11 Å². The third kappa shape index (κ3) is 5.80. The summed E-state index contributed by atoms with van der Waals surface area (Å²) in [4.78, 5) is 23.8. The first-order valence-corrected chi connectivity index (χ1v) is 11.2. The third-order valence-corrected chi connectivity index (χ3v) is 5.81. The molecular formula is C26H30N4O3. The van der Waals surface area contributed by atoms with Crippen molar-refractivity contribution in [2.45, 2.75) is 32.6 Å². The molecule has 0 aliphatic carbocycles. The minimum Gasteiger partial charge on any atom is -0.493 e. The standard InChI is InChI=1S/C26H30N4O3/c1-18-9-12-23(24(14-18)32-3)33-17-26(31)30-13-5-7-20(16-30)22-11-10-21(15-27-22)29-25-8-4-6-19(2)28-25/h4,6,8-12,14-15,20H,5,7,13,16-17H2,1-3H3,(H,28,29). The molecule has 3 heterocycles. The van der Waals surface area contributed by atoms with E-state index in [-0.39, 0.29) is 18.4 Å². The average Bonchev–Trinajstić information content (AvgIpc) is 2.83. The van der Waals surface area contributed by atoms with Gasteiger partial charge in [-0.2, -0.15) is 0 Å². The molecule has 1 fully saturated rings. The number of pyridine rings is 2. The van der Waals surface area contributed by atoms with E-state index in [0.717, 1.165) is 47.8 Å². The van der Waals surface area contributed by atoms with Crippen LogP contribution in [0, 0.1) is 13.8 Å². The molecule has 0 spiro atoms. The molecule has 0 radical (unpaired) electrons. The van der Waals surface area contributed by atoms with E-state index >= 15 is 0 Å². The molecule has 1 saturated heterocycles. The van der Waals surface area contributed by atoms with Gasteiger partial charge in [0.05, 0.1) is 19.0 Å². The minimum atomic E-state index is -0.0221. The molecule has 7 heteroatoms. The van der Waals surface area contributed by atoms with Gasteiger partial charge in [-0.15, -0.1) is 0 Å². The van der Waals surface area contributed by atoms with Crippen LogP contribution in [0.5, 0.6) is 11.5 Å². The highest BCUT2D eigenvalue weighted by molar-refractivity contribution is 5.78. The zero-order valence-corrected chi connectivity index (χ0v) is 19.4. The van der Waals surface area contributed by atoms with Crippen molar-refractivity contribution < 1.29 is 14.3 Å². The lowest BCUT2D eigenvalue weighted by Gasteiger charge is -2.32. The summed E-state index contributed by atoms with van der Waals surface area (Å²) in [6.45, 7) is 5.33. The van der Waals surface area contributed by atoms with E-state index in [9.17, 15) is 4.79 Å². The lowest BCUT2D eigenvalue weighted by atomic mass is 9.94. The Kier molecular flexibility index (Phi) is 7.07. The van der Waals surface area contributed by atoms with Gasteiger partial charge in [-0.25, -0.2) is 4.98 Å². The number of rotatable bonds is 7. The number of carbonyl (C=O) groups excluding carboxylic acids is 1. The van der Waals surface area contributed by atoms with Crippen molar-refractivity contribution in [3.8, 4) is 11.5 Å². The smallest absolute Gasteiger partial charge is 0.260 e. The lowest BCUT2D eigenvalue weighted by molar-refractivity contribution is -0.134. The summed E-state index contributed by atoms with van der Waals surface area (Å²) in [7, 11) is 1.60. The monoisotopic (exact) mass is 446 g/mol. The minimum absolute atomic E-state index is 0.00802. The quantitative estimate of drug-likeness (QED) is 0.570. The van der Waals surface area contributed by atoms with Gasteiger partial charge in [0.15, 0.2) is 18.1 Å². The van der Waals surface area contributed by atoms with Gasteiger partial charge in [0, 0.05) is 30.4 Å². The molecule has 3 aromatic rings. The summed E-state index contributed by atoms with van der Waals surface area (Å²) < 4.78 is 11.1. The number of amides is 1. The molecular weight excluding hydrogens is 416 g/mol. The molecule has 33 heavy (non-hydrogen) atoms. The zero-order valence-electron chi connectivity index (χ0n) is 19.4. The van der Waals surface area contributed by atoms with Gasteiger partial charge < -0.3 is 19.7 Å². The van der Waals surface area contributed by atoms with Crippen molar-refractivity contribution in [2.75, 3.05) is 32.1 Å². The van der Waals surface area contributed by atoms with Gasteiger partial charge >= 0.3 is 0 Å². The maximum Gasteiger partial charge on any atom is 0.260 e. The first-order chi connectivity index (χ1) is 16.0. The number of benzene rings is 1. The Morgan fingerprint density at radius 1 is 1.15 bits per heavy atom.